The Kier molecular flexibility index (Phi) is 10.5. The van der Waals surface area contributed by atoms with E-state index in [1.54, 1.807) is 12.1 Å². The van der Waals surface area contributed by atoms with Crippen LogP contribution in [-0.4, -0.2) is 32.6 Å². The first kappa shape index (κ1) is 41.1. The quantitative estimate of drug-likeness (QED) is 0.144. The molecule has 6 nitrogen and oxygen atoms in total. The van der Waals surface area contributed by atoms with Crippen LogP contribution < -0.4 is 9.47 Å². The second-order valence-electron chi connectivity index (χ2n) is 17.8. The van der Waals surface area contributed by atoms with Crippen molar-refractivity contribution in [2.24, 2.45) is 11.8 Å². The fraction of sp³-hybridized carbons (Fsp3) is 0.172. The first-order valence-electron chi connectivity index (χ1n) is 22.7. The monoisotopic (exact) mass is 874 g/mol. The molecule has 0 amide bonds. The largest absolute Gasteiger partial charge is 0.505 e. The van der Waals surface area contributed by atoms with Crippen LogP contribution in [0.1, 0.15) is 36.8 Å². The third-order valence-corrected chi connectivity index (χ3v) is 13.5. The number of halogens is 2. The van der Waals surface area contributed by atoms with E-state index in [1.165, 1.54) is 24.3 Å². The predicted molar refractivity (Wildman–Crippen MR) is 262 cm³/mol. The zero-order chi connectivity index (χ0) is 45.1. The van der Waals surface area contributed by atoms with Crippen LogP contribution in [0.25, 0.3) is 77.2 Å². The van der Waals surface area contributed by atoms with E-state index in [9.17, 15) is 10.2 Å². The fourth-order valence-electron chi connectivity index (χ4n) is 10.4. The average molecular weight is 875 g/mol. The van der Waals surface area contributed by atoms with Crippen molar-refractivity contribution in [3.8, 4) is 56.6 Å². The number of para-hydroxylation sites is 4. The van der Waals surface area contributed by atoms with Crippen LogP contribution in [-0.2, 0) is 0 Å². The van der Waals surface area contributed by atoms with Crippen molar-refractivity contribution < 1.29 is 28.5 Å². The molecule has 2 aromatic heterocycles. The summed E-state index contributed by atoms with van der Waals surface area (Å²) in [5.41, 5.74) is 8.74. The molecule has 1 aliphatic carbocycles. The van der Waals surface area contributed by atoms with Gasteiger partial charge in [0.2, 0.25) is 0 Å². The molecule has 1 fully saturated rings. The lowest BCUT2D eigenvalue weighted by Gasteiger charge is -2.32. The van der Waals surface area contributed by atoms with E-state index in [2.05, 4.69) is 33.4 Å². The van der Waals surface area contributed by atoms with E-state index >= 15 is 8.78 Å². The number of phenols is 2. The lowest BCUT2D eigenvalue weighted by Crippen LogP contribution is -2.30. The number of rotatable bonds is 10. The van der Waals surface area contributed by atoms with Gasteiger partial charge in [-0.05, 0) is 135 Å². The summed E-state index contributed by atoms with van der Waals surface area (Å²) in [7, 11) is 0. The van der Waals surface area contributed by atoms with Crippen LogP contribution in [0.2, 0.25) is 0 Å². The van der Waals surface area contributed by atoms with Crippen LogP contribution in [0.4, 0.5) is 8.78 Å². The minimum Gasteiger partial charge on any atom is -0.505 e. The molecule has 2 unspecified atom stereocenters. The van der Waals surface area contributed by atoms with Gasteiger partial charge < -0.3 is 28.8 Å². The topological polar surface area (TPSA) is 68.8 Å². The lowest BCUT2D eigenvalue weighted by molar-refractivity contribution is 0.105. The second kappa shape index (κ2) is 16.8. The Balaban J connectivity index is 0.885. The molecule has 0 radical (unpaired) electrons. The summed E-state index contributed by atoms with van der Waals surface area (Å²) in [6.45, 7) is 4.67. The normalized spacial score (nSPS) is 15.3. The van der Waals surface area contributed by atoms with Crippen molar-refractivity contribution in [3.05, 3.63) is 180 Å². The first-order valence-corrected chi connectivity index (χ1v) is 22.7. The minimum absolute atomic E-state index is 0.0310. The zero-order valence-electron chi connectivity index (χ0n) is 36.8. The Morgan fingerprint density at radius 2 is 0.803 bits per heavy atom. The molecule has 328 valence electrons. The molecule has 1 aliphatic rings. The molecule has 10 aromatic rings. The molecular formula is C58H48F2N2O4. The molecule has 0 spiro atoms. The molecule has 8 aromatic carbocycles. The smallest absolute Gasteiger partial charge is 0.147 e. The summed E-state index contributed by atoms with van der Waals surface area (Å²) in [5.74, 6) is 0.362. The van der Waals surface area contributed by atoms with E-state index in [1.807, 2.05) is 111 Å². The van der Waals surface area contributed by atoms with Gasteiger partial charge in [0.05, 0.1) is 46.7 Å². The van der Waals surface area contributed by atoms with E-state index in [0.29, 0.717) is 58.3 Å². The fourth-order valence-corrected chi connectivity index (χ4v) is 10.4. The molecular weight excluding hydrogens is 827 g/mol. The highest BCUT2D eigenvalue weighted by Gasteiger charge is 2.29. The van der Waals surface area contributed by atoms with Gasteiger partial charge in [0.25, 0.3) is 0 Å². The van der Waals surface area contributed by atoms with Gasteiger partial charge in [0.15, 0.2) is 0 Å². The minimum atomic E-state index is -0.433. The van der Waals surface area contributed by atoms with Gasteiger partial charge >= 0.3 is 0 Å². The molecule has 2 atom stereocenters. The summed E-state index contributed by atoms with van der Waals surface area (Å²) in [4.78, 5) is 0. The lowest BCUT2D eigenvalue weighted by atomic mass is 9.80. The Morgan fingerprint density at radius 1 is 0.455 bits per heavy atom. The van der Waals surface area contributed by atoms with Crippen molar-refractivity contribution in [2.75, 3.05) is 13.2 Å². The van der Waals surface area contributed by atoms with Crippen LogP contribution >= 0.6 is 0 Å². The van der Waals surface area contributed by atoms with Gasteiger partial charge in [-0.2, -0.15) is 0 Å². The van der Waals surface area contributed by atoms with Crippen molar-refractivity contribution in [3.63, 3.8) is 0 Å². The van der Waals surface area contributed by atoms with Crippen LogP contribution in [0.5, 0.6) is 23.0 Å². The van der Waals surface area contributed by atoms with E-state index in [0.717, 1.165) is 80.4 Å². The number of fused-ring (bicyclic) bond motifs is 6. The molecule has 1 saturated carbocycles. The van der Waals surface area contributed by atoms with Crippen molar-refractivity contribution in [1.82, 2.24) is 9.13 Å². The molecule has 11 rings (SSSR count). The van der Waals surface area contributed by atoms with E-state index in [-0.39, 0.29) is 23.3 Å². The third-order valence-electron chi connectivity index (χ3n) is 13.5. The van der Waals surface area contributed by atoms with Crippen LogP contribution in [0.15, 0.2) is 158 Å². The summed E-state index contributed by atoms with van der Waals surface area (Å²) in [6, 6.07) is 49.2. The van der Waals surface area contributed by atoms with Crippen molar-refractivity contribution in [1.29, 1.82) is 0 Å². The maximum atomic E-state index is 15.2. The second-order valence-corrected chi connectivity index (χ2v) is 17.8. The Morgan fingerprint density at radius 3 is 1.17 bits per heavy atom. The number of aromatic hydroxyl groups is 2. The highest BCUT2D eigenvalue weighted by Crippen LogP contribution is 2.46. The Hall–Kier alpha value is -7.58. The highest BCUT2D eigenvalue weighted by molar-refractivity contribution is 6.10. The third kappa shape index (κ3) is 7.17. The molecule has 0 saturated heterocycles. The highest BCUT2D eigenvalue weighted by atomic mass is 19.1. The van der Waals surface area contributed by atoms with Gasteiger partial charge in [-0.25, -0.2) is 8.78 Å². The van der Waals surface area contributed by atoms with Crippen LogP contribution in [0, 0.1) is 37.3 Å². The number of hydrogen-bond acceptors (Lipinski definition) is 4. The van der Waals surface area contributed by atoms with Gasteiger partial charge in [-0.15, -0.1) is 0 Å². The number of benzene rings is 8. The average Bonchev–Trinajstić information content (AvgIpc) is 3.85. The number of phenolic OH excluding ortho intramolecular Hbond substituents is 2. The number of hydrogen-bond donors (Lipinski definition) is 2. The van der Waals surface area contributed by atoms with E-state index < -0.39 is 11.6 Å². The summed E-state index contributed by atoms with van der Waals surface area (Å²) >= 11 is 0. The van der Waals surface area contributed by atoms with Crippen molar-refractivity contribution >= 4 is 43.6 Å². The van der Waals surface area contributed by atoms with Crippen molar-refractivity contribution in [2.45, 2.75) is 39.5 Å². The SMILES string of the molecule is Cc1cc(-c2cc(F)ccc2OCC2CCCCC2COc2ccc(F)cc2-c2cc(C)cc(-n3c4ccccc4c4ccccc43)c2O)c(O)c(-n2c3ccccc3c3ccccc32)c1. The molecule has 2 N–H and O–H groups in total. The Bertz CT molecular complexity index is 3160. The molecule has 0 aliphatic heterocycles. The maximum Gasteiger partial charge on any atom is 0.147 e. The summed E-state index contributed by atoms with van der Waals surface area (Å²) in [5, 5.41) is 28.6. The zero-order valence-corrected chi connectivity index (χ0v) is 36.8. The molecule has 66 heavy (non-hydrogen) atoms. The Labute approximate surface area is 381 Å². The number of ether oxygens (including phenoxy) is 2. The first-order chi connectivity index (χ1) is 32.2. The van der Waals surface area contributed by atoms with E-state index in [4.69, 9.17) is 9.47 Å². The standard InChI is InChI=1S/C58H48F2N2O4/c1-35-27-47(57(63)53(29-35)61-49-19-9-5-15-41(49)42-16-6-10-20-50(42)61)45-31-39(59)23-25-55(45)65-33-37-13-3-4-14-38(37)34-66-56-26-24-40(60)32-46(56)48-28-36(2)30-54(58(48)64)62-51-21-11-7-17-43(51)44-18-8-12-22-52(44)62/h5-12,15-32,37-38,63-64H,3-4,13-14,33-34H2,1-2H3. The summed E-state index contributed by atoms with van der Waals surface area (Å²) in [6.07, 6.45) is 3.89. The van der Waals surface area contributed by atoms with Gasteiger partial charge in [-0.3, -0.25) is 0 Å². The maximum absolute atomic E-state index is 15.2. The molecule has 0 bridgehead atoms. The molecule has 2 heterocycles. The van der Waals surface area contributed by atoms with Gasteiger partial charge in [-0.1, -0.05) is 85.6 Å². The predicted octanol–water partition coefficient (Wildman–Crippen LogP) is 14.8. The number of nitrogens with zero attached hydrogens (tertiary/aromatic N) is 2. The van der Waals surface area contributed by atoms with Gasteiger partial charge in [0.1, 0.15) is 34.6 Å². The summed E-state index contributed by atoms with van der Waals surface area (Å²) < 4.78 is 47.9. The number of aryl methyl sites for hydroxylation is 2. The van der Waals surface area contributed by atoms with Crippen LogP contribution in [0.3, 0.4) is 0 Å². The number of aromatic nitrogens is 2. The van der Waals surface area contributed by atoms with Gasteiger partial charge in [0, 0.05) is 43.8 Å². The molecule has 8 heteroatoms.